The number of nitrogens with two attached hydrogens (primary N) is 2. The summed E-state index contributed by atoms with van der Waals surface area (Å²) in [5, 5.41) is 14.6. The standard InChI is InChI=1S/C19H23N5O4S/c20-19(21)23-10-4-9-22-17(27)14-7-8-15(29-14)18(28)24-13(11-16(25)26)12-5-2-1-3-6-12/h1-3,5-8,13H,4,9-11H2,(H,22,27)(H,24,28)(H,25,26)(H4,20,21,23). The number of hydrogen-bond acceptors (Lipinski definition) is 5. The van der Waals surface area contributed by atoms with Crippen LogP contribution < -0.4 is 22.1 Å². The third kappa shape index (κ3) is 7.26. The van der Waals surface area contributed by atoms with Gasteiger partial charge in [0, 0.05) is 13.1 Å². The highest BCUT2D eigenvalue weighted by atomic mass is 32.1. The van der Waals surface area contributed by atoms with Gasteiger partial charge in [-0.15, -0.1) is 11.3 Å². The molecule has 1 atom stereocenters. The summed E-state index contributed by atoms with van der Waals surface area (Å²) in [6.45, 7) is 0.800. The number of hydrogen-bond donors (Lipinski definition) is 5. The Labute approximate surface area is 171 Å². The zero-order chi connectivity index (χ0) is 21.2. The first kappa shape index (κ1) is 21.9. The van der Waals surface area contributed by atoms with Crippen molar-refractivity contribution in [2.75, 3.05) is 13.1 Å². The summed E-state index contributed by atoms with van der Waals surface area (Å²) in [5.41, 5.74) is 11.1. The normalized spacial score (nSPS) is 11.3. The van der Waals surface area contributed by atoms with Gasteiger partial charge in [0.15, 0.2) is 5.96 Å². The Morgan fingerprint density at radius 1 is 1.03 bits per heavy atom. The van der Waals surface area contributed by atoms with Gasteiger partial charge in [0.2, 0.25) is 0 Å². The second-order valence-electron chi connectivity index (χ2n) is 6.11. The summed E-state index contributed by atoms with van der Waals surface area (Å²) >= 11 is 1.03. The van der Waals surface area contributed by atoms with E-state index in [0.717, 1.165) is 11.3 Å². The molecule has 0 saturated heterocycles. The maximum absolute atomic E-state index is 12.5. The number of thiophene rings is 1. The van der Waals surface area contributed by atoms with Gasteiger partial charge in [-0.1, -0.05) is 30.3 Å². The lowest BCUT2D eigenvalue weighted by atomic mass is 10.0. The highest BCUT2D eigenvalue weighted by Gasteiger charge is 2.20. The van der Waals surface area contributed by atoms with Crippen molar-refractivity contribution in [3.05, 3.63) is 57.8 Å². The fourth-order valence-electron chi connectivity index (χ4n) is 2.50. The van der Waals surface area contributed by atoms with Crippen molar-refractivity contribution in [2.24, 2.45) is 16.5 Å². The Morgan fingerprint density at radius 3 is 2.31 bits per heavy atom. The molecule has 10 heteroatoms. The minimum Gasteiger partial charge on any atom is -0.481 e. The molecule has 1 unspecified atom stereocenters. The van der Waals surface area contributed by atoms with Gasteiger partial charge in [0.1, 0.15) is 0 Å². The van der Waals surface area contributed by atoms with E-state index >= 15 is 0 Å². The Bertz CT molecular complexity index is 878. The van der Waals surface area contributed by atoms with Crippen molar-refractivity contribution in [2.45, 2.75) is 18.9 Å². The monoisotopic (exact) mass is 417 g/mol. The molecule has 2 aromatic rings. The lowest BCUT2D eigenvalue weighted by Crippen LogP contribution is -2.29. The Hall–Kier alpha value is -3.40. The van der Waals surface area contributed by atoms with Crippen LogP contribution in [-0.2, 0) is 4.79 Å². The molecular formula is C19H23N5O4S. The van der Waals surface area contributed by atoms with Crippen molar-refractivity contribution >= 4 is 35.1 Å². The molecule has 0 saturated carbocycles. The highest BCUT2D eigenvalue weighted by molar-refractivity contribution is 7.15. The summed E-state index contributed by atoms with van der Waals surface area (Å²) in [7, 11) is 0. The zero-order valence-electron chi connectivity index (χ0n) is 15.6. The van der Waals surface area contributed by atoms with Crippen LogP contribution in [0.4, 0.5) is 0 Å². The van der Waals surface area contributed by atoms with E-state index in [1.54, 1.807) is 30.3 Å². The number of amides is 2. The predicted molar refractivity (Wildman–Crippen MR) is 111 cm³/mol. The Morgan fingerprint density at radius 2 is 1.69 bits per heavy atom. The van der Waals surface area contributed by atoms with Crippen molar-refractivity contribution in [1.29, 1.82) is 0 Å². The van der Waals surface area contributed by atoms with Crippen LogP contribution in [0.2, 0.25) is 0 Å². The second-order valence-corrected chi connectivity index (χ2v) is 7.20. The van der Waals surface area contributed by atoms with E-state index in [0.29, 0.717) is 34.8 Å². The number of aliphatic imine (C=N–C) groups is 1. The molecule has 0 bridgehead atoms. The highest BCUT2D eigenvalue weighted by Crippen LogP contribution is 2.20. The summed E-state index contributed by atoms with van der Waals surface area (Å²) in [6, 6.07) is 11.3. The van der Waals surface area contributed by atoms with Gasteiger partial charge >= 0.3 is 5.97 Å². The molecule has 2 amide bonds. The first-order chi connectivity index (χ1) is 13.9. The van der Waals surface area contributed by atoms with Gasteiger partial charge in [-0.05, 0) is 24.1 Å². The SMILES string of the molecule is NC(N)=NCCCNC(=O)c1ccc(C(=O)NC(CC(=O)O)c2ccccc2)s1. The lowest BCUT2D eigenvalue weighted by Gasteiger charge is -2.16. The average Bonchev–Trinajstić information content (AvgIpc) is 3.17. The molecule has 0 fully saturated rings. The number of carbonyl (C=O) groups excluding carboxylic acids is 2. The Balaban J connectivity index is 1.95. The van der Waals surface area contributed by atoms with Gasteiger partial charge in [0.25, 0.3) is 11.8 Å². The molecule has 0 aliphatic carbocycles. The number of carboxylic acids is 1. The smallest absolute Gasteiger partial charge is 0.305 e. The number of guanidine groups is 1. The molecule has 0 spiro atoms. The maximum Gasteiger partial charge on any atom is 0.305 e. The van der Waals surface area contributed by atoms with Crippen molar-refractivity contribution in [3.8, 4) is 0 Å². The summed E-state index contributed by atoms with van der Waals surface area (Å²) in [5.74, 6) is -1.76. The van der Waals surface area contributed by atoms with Crippen molar-refractivity contribution in [1.82, 2.24) is 10.6 Å². The second kappa shape index (κ2) is 10.8. The molecule has 1 aromatic carbocycles. The van der Waals surface area contributed by atoms with Crippen LogP contribution in [-0.4, -0.2) is 41.9 Å². The van der Waals surface area contributed by atoms with E-state index in [-0.39, 0.29) is 18.3 Å². The number of benzene rings is 1. The third-order valence-electron chi connectivity index (χ3n) is 3.85. The van der Waals surface area contributed by atoms with Crippen LogP contribution in [0.5, 0.6) is 0 Å². The van der Waals surface area contributed by atoms with Gasteiger partial charge in [0.05, 0.1) is 22.2 Å². The molecular weight excluding hydrogens is 394 g/mol. The van der Waals surface area contributed by atoms with Gasteiger partial charge in [-0.25, -0.2) is 0 Å². The molecule has 0 aliphatic rings. The topological polar surface area (TPSA) is 160 Å². The summed E-state index contributed by atoms with van der Waals surface area (Å²) < 4.78 is 0. The minimum atomic E-state index is -1.02. The van der Waals surface area contributed by atoms with Crippen LogP contribution in [0.1, 0.15) is 43.8 Å². The van der Waals surface area contributed by atoms with Gasteiger partial charge in [-0.3, -0.25) is 19.4 Å². The maximum atomic E-state index is 12.5. The molecule has 29 heavy (non-hydrogen) atoms. The molecule has 2 rings (SSSR count). The molecule has 7 N–H and O–H groups in total. The Kier molecular flexibility index (Phi) is 8.16. The molecule has 1 aromatic heterocycles. The fourth-order valence-corrected chi connectivity index (χ4v) is 3.33. The first-order valence-electron chi connectivity index (χ1n) is 8.88. The van der Waals surface area contributed by atoms with Crippen molar-refractivity contribution < 1.29 is 19.5 Å². The van der Waals surface area contributed by atoms with Crippen LogP contribution in [0.3, 0.4) is 0 Å². The largest absolute Gasteiger partial charge is 0.481 e. The average molecular weight is 417 g/mol. The van der Waals surface area contributed by atoms with E-state index in [9.17, 15) is 14.4 Å². The number of rotatable bonds is 10. The fraction of sp³-hybridized carbons (Fsp3) is 0.263. The van der Waals surface area contributed by atoms with Gasteiger partial charge < -0.3 is 27.2 Å². The van der Waals surface area contributed by atoms with Crippen LogP contribution in [0.15, 0.2) is 47.5 Å². The molecule has 1 heterocycles. The zero-order valence-corrected chi connectivity index (χ0v) is 16.4. The summed E-state index contributed by atoms with van der Waals surface area (Å²) in [6.07, 6.45) is 0.334. The molecule has 154 valence electrons. The van der Waals surface area contributed by atoms with E-state index in [2.05, 4.69) is 15.6 Å². The van der Waals surface area contributed by atoms with E-state index < -0.39 is 17.9 Å². The quantitative estimate of drug-likeness (QED) is 0.221. The first-order valence-corrected chi connectivity index (χ1v) is 9.69. The van der Waals surface area contributed by atoms with E-state index in [1.165, 1.54) is 6.07 Å². The number of carboxylic acid groups (broad SMARTS) is 1. The third-order valence-corrected chi connectivity index (χ3v) is 4.94. The predicted octanol–water partition coefficient (Wildman–Crippen LogP) is 1.09. The van der Waals surface area contributed by atoms with Crippen LogP contribution >= 0.6 is 11.3 Å². The lowest BCUT2D eigenvalue weighted by molar-refractivity contribution is -0.137. The molecule has 0 aliphatic heterocycles. The summed E-state index contributed by atoms with van der Waals surface area (Å²) in [4.78, 5) is 40.4. The number of nitrogens with one attached hydrogen (secondary N) is 2. The van der Waals surface area contributed by atoms with E-state index in [1.807, 2.05) is 6.07 Å². The van der Waals surface area contributed by atoms with Crippen LogP contribution in [0.25, 0.3) is 0 Å². The van der Waals surface area contributed by atoms with Crippen LogP contribution in [0, 0.1) is 0 Å². The number of carbonyl (C=O) groups is 3. The minimum absolute atomic E-state index is 0.00180. The van der Waals surface area contributed by atoms with Gasteiger partial charge in [-0.2, -0.15) is 0 Å². The number of aliphatic carboxylic acids is 1. The van der Waals surface area contributed by atoms with Crippen molar-refractivity contribution in [3.63, 3.8) is 0 Å². The number of nitrogens with zero attached hydrogens (tertiary/aromatic N) is 1. The molecule has 0 radical (unpaired) electrons. The van der Waals surface area contributed by atoms with E-state index in [4.69, 9.17) is 16.6 Å². The molecule has 9 nitrogen and oxygen atoms in total.